The molecule has 9 heteroatoms. The molecule has 1 fully saturated rings. The van der Waals surface area contributed by atoms with Crippen molar-refractivity contribution in [2.75, 3.05) is 39.4 Å². The van der Waals surface area contributed by atoms with Gasteiger partial charge < -0.3 is 25.0 Å². The summed E-state index contributed by atoms with van der Waals surface area (Å²) < 4.78 is 11.8. The summed E-state index contributed by atoms with van der Waals surface area (Å²) in [5.41, 5.74) is 5.49. The lowest BCUT2D eigenvalue weighted by molar-refractivity contribution is -0.139. The highest BCUT2D eigenvalue weighted by atomic mass is 32.2. The monoisotopic (exact) mass is 608 g/mol. The van der Waals surface area contributed by atoms with Gasteiger partial charge in [0, 0.05) is 38.9 Å². The zero-order chi connectivity index (χ0) is 31.2. The summed E-state index contributed by atoms with van der Waals surface area (Å²) in [5, 5.41) is 19.4. The quantitative estimate of drug-likeness (QED) is 0.234. The van der Waals surface area contributed by atoms with E-state index in [2.05, 4.69) is 28.4 Å². The van der Waals surface area contributed by atoms with Gasteiger partial charge in [0.1, 0.15) is 6.04 Å². The van der Waals surface area contributed by atoms with Crippen molar-refractivity contribution < 1.29 is 29.3 Å². The number of carboxylic acid groups (broad SMARTS) is 1. The van der Waals surface area contributed by atoms with Gasteiger partial charge >= 0.3 is 5.97 Å². The number of aryl methyl sites for hydroxylation is 1. The van der Waals surface area contributed by atoms with Crippen molar-refractivity contribution in [3.05, 3.63) is 95.1 Å². The molecule has 43 heavy (non-hydrogen) atoms. The normalized spacial score (nSPS) is 17.1. The molecule has 1 aliphatic rings. The maximum absolute atomic E-state index is 13.4. The average molecular weight is 609 g/mol. The van der Waals surface area contributed by atoms with Crippen LogP contribution in [0.3, 0.4) is 0 Å². The maximum Gasteiger partial charge on any atom is 0.326 e. The van der Waals surface area contributed by atoms with Crippen LogP contribution in [0.4, 0.5) is 0 Å². The Kier molecular flexibility index (Phi) is 14.2. The maximum atomic E-state index is 13.4. The standard InChI is InChI=1S/C33H40N2O5S.CH4O/c1-23-9-7-8-12-28(23)30-17-25(13-14-29(30)32(36)34-31(33(37)38)15-16-41-3)19-35-20-27(39-2)18-26(35)22-40-21-24-10-5-4-6-11-24;1-2/h4-14,17,26-27,31H,15-16,18-22H2,1-3H3,(H,34,36)(H,37,38);2H,1H3. The number of thioether (sulfide) groups is 1. The molecule has 3 aromatic rings. The van der Waals surface area contributed by atoms with Crippen LogP contribution in [-0.4, -0.2) is 84.6 Å². The van der Waals surface area contributed by atoms with Gasteiger partial charge in [0.05, 0.1) is 19.3 Å². The van der Waals surface area contributed by atoms with Crippen molar-refractivity contribution in [1.82, 2.24) is 10.2 Å². The smallest absolute Gasteiger partial charge is 0.326 e. The number of methoxy groups -OCH3 is 1. The van der Waals surface area contributed by atoms with Gasteiger partial charge in [-0.2, -0.15) is 11.8 Å². The van der Waals surface area contributed by atoms with Crippen molar-refractivity contribution in [2.24, 2.45) is 0 Å². The molecule has 8 nitrogen and oxygen atoms in total. The van der Waals surface area contributed by atoms with Crippen molar-refractivity contribution in [3.63, 3.8) is 0 Å². The molecule has 0 radical (unpaired) electrons. The number of likely N-dealkylation sites (tertiary alicyclic amines) is 1. The summed E-state index contributed by atoms with van der Waals surface area (Å²) in [4.78, 5) is 27.6. The molecule has 1 saturated heterocycles. The zero-order valence-electron chi connectivity index (χ0n) is 25.5. The lowest BCUT2D eigenvalue weighted by Crippen LogP contribution is -2.41. The molecular formula is C34H44N2O6S. The predicted molar refractivity (Wildman–Crippen MR) is 172 cm³/mol. The Labute approximate surface area is 259 Å². The fourth-order valence-corrected chi connectivity index (χ4v) is 5.78. The van der Waals surface area contributed by atoms with Gasteiger partial charge in [-0.25, -0.2) is 4.79 Å². The minimum absolute atomic E-state index is 0.135. The summed E-state index contributed by atoms with van der Waals surface area (Å²) >= 11 is 1.56. The minimum Gasteiger partial charge on any atom is -0.480 e. The van der Waals surface area contributed by atoms with Crippen LogP contribution in [0.25, 0.3) is 11.1 Å². The number of nitrogens with one attached hydrogen (secondary N) is 1. The van der Waals surface area contributed by atoms with Crippen molar-refractivity contribution in [3.8, 4) is 11.1 Å². The van der Waals surface area contributed by atoms with Crippen molar-refractivity contribution >= 4 is 23.6 Å². The number of aliphatic carboxylic acids is 1. The first-order valence-corrected chi connectivity index (χ1v) is 15.8. The van der Waals surface area contributed by atoms with E-state index in [9.17, 15) is 14.7 Å². The van der Waals surface area contributed by atoms with E-state index in [0.29, 0.717) is 37.5 Å². The van der Waals surface area contributed by atoms with Crippen LogP contribution in [0.15, 0.2) is 72.8 Å². The first kappa shape index (κ1) is 34.3. The Bertz CT molecular complexity index is 1310. The second-order valence-electron chi connectivity index (χ2n) is 10.5. The molecule has 0 spiro atoms. The van der Waals surface area contributed by atoms with E-state index >= 15 is 0 Å². The third kappa shape index (κ3) is 9.91. The number of benzene rings is 3. The summed E-state index contributed by atoms with van der Waals surface area (Å²) in [6.07, 6.45) is 3.31. The van der Waals surface area contributed by atoms with E-state index in [-0.39, 0.29) is 18.1 Å². The molecule has 3 aromatic carbocycles. The number of ether oxygens (including phenoxy) is 2. The summed E-state index contributed by atoms with van der Waals surface area (Å²) in [6.45, 7) is 4.68. The second kappa shape index (κ2) is 17.8. The second-order valence-corrected chi connectivity index (χ2v) is 11.5. The molecule has 0 aliphatic carbocycles. The van der Waals surface area contributed by atoms with E-state index < -0.39 is 12.0 Å². The number of amides is 1. The molecule has 1 heterocycles. The van der Waals surface area contributed by atoms with Crippen LogP contribution in [0.5, 0.6) is 0 Å². The van der Waals surface area contributed by atoms with Crippen LogP contribution in [0.2, 0.25) is 0 Å². The van der Waals surface area contributed by atoms with Crippen LogP contribution >= 0.6 is 11.8 Å². The highest BCUT2D eigenvalue weighted by Gasteiger charge is 2.32. The number of hydrogen-bond donors (Lipinski definition) is 3. The minimum atomic E-state index is -1.02. The summed E-state index contributed by atoms with van der Waals surface area (Å²) in [7, 11) is 2.75. The number of carboxylic acids is 1. The highest BCUT2D eigenvalue weighted by Crippen LogP contribution is 2.30. The summed E-state index contributed by atoms with van der Waals surface area (Å²) in [6, 6.07) is 23.3. The molecule has 0 aromatic heterocycles. The number of carbonyl (C=O) groups excluding carboxylic acids is 1. The van der Waals surface area contributed by atoms with Crippen LogP contribution in [0, 0.1) is 6.92 Å². The fraction of sp³-hybridized carbons (Fsp3) is 0.412. The Hall–Kier alpha value is -3.21. The predicted octanol–water partition coefficient (Wildman–Crippen LogP) is 5.01. The van der Waals surface area contributed by atoms with Crippen LogP contribution in [0.1, 0.15) is 39.9 Å². The van der Waals surface area contributed by atoms with Gasteiger partial charge in [0.2, 0.25) is 0 Å². The molecule has 0 saturated carbocycles. The van der Waals surface area contributed by atoms with E-state index in [0.717, 1.165) is 47.9 Å². The third-order valence-electron chi connectivity index (χ3n) is 7.61. The van der Waals surface area contributed by atoms with Gasteiger partial charge in [0.15, 0.2) is 0 Å². The SMILES string of the molecule is CO.COC1CC(COCc2ccccc2)N(Cc2ccc(C(=O)NC(CCSC)C(=O)O)c(-c3ccccc3C)c2)C1. The highest BCUT2D eigenvalue weighted by molar-refractivity contribution is 7.98. The van der Waals surface area contributed by atoms with Gasteiger partial charge in [-0.15, -0.1) is 0 Å². The van der Waals surface area contributed by atoms with E-state index in [1.807, 2.05) is 67.8 Å². The molecule has 1 aliphatic heterocycles. The number of rotatable bonds is 14. The Morgan fingerprint density at radius 1 is 1.02 bits per heavy atom. The van der Waals surface area contributed by atoms with E-state index in [1.165, 1.54) is 0 Å². The fourth-order valence-electron chi connectivity index (χ4n) is 5.31. The molecule has 232 valence electrons. The van der Waals surface area contributed by atoms with Gasteiger partial charge in [-0.3, -0.25) is 9.69 Å². The van der Waals surface area contributed by atoms with Gasteiger partial charge in [-0.05, 0) is 71.7 Å². The molecule has 3 unspecified atom stereocenters. The number of aliphatic hydroxyl groups excluding tert-OH is 1. The van der Waals surface area contributed by atoms with Crippen molar-refractivity contribution in [1.29, 1.82) is 0 Å². The van der Waals surface area contributed by atoms with Gasteiger partial charge in [0.25, 0.3) is 5.91 Å². The summed E-state index contributed by atoms with van der Waals surface area (Å²) in [5.74, 6) is -0.755. The number of aliphatic hydroxyl groups is 1. The molecular weight excluding hydrogens is 564 g/mol. The lowest BCUT2D eigenvalue weighted by Gasteiger charge is -2.25. The van der Waals surface area contributed by atoms with Crippen LogP contribution in [-0.2, 0) is 27.4 Å². The Morgan fingerprint density at radius 3 is 2.42 bits per heavy atom. The number of hydrogen-bond acceptors (Lipinski definition) is 7. The third-order valence-corrected chi connectivity index (χ3v) is 8.25. The number of carbonyl (C=O) groups is 2. The van der Waals surface area contributed by atoms with Crippen molar-refractivity contribution in [2.45, 2.75) is 51.1 Å². The molecule has 1 amide bonds. The largest absolute Gasteiger partial charge is 0.480 e. The molecule has 3 N–H and O–H groups in total. The average Bonchev–Trinajstić information content (AvgIpc) is 3.42. The van der Waals surface area contributed by atoms with Gasteiger partial charge in [-0.1, -0.05) is 60.7 Å². The lowest BCUT2D eigenvalue weighted by atomic mass is 9.93. The molecule has 4 rings (SSSR count). The zero-order valence-corrected chi connectivity index (χ0v) is 26.3. The van der Waals surface area contributed by atoms with E-state index in [4.69, 9.17) is 14.6 Å². The van der Waals surface area contributed by atoms with E-state index in [1.54, 1.807) is 18.9 Å². The Balaban J connectivity index is 0.00000248. The Morgan fingerprint density at radius 2 is 1.74 bits per heavy atom. The molecule has 3 atom stereocenters. The first-order valence-electron chi connectivity index (χ1n) is 14.4. The number of nitrogens with zero attached hydrogens (tertiary/aromatic N) is 1. The first-order chi connectivity index (χ1) is 20.9. The molecule has 0 bridgehead atoms. The van der Waals surface area contributed by atoms with Crippen LogP contribution < -0.4 is 5.32 Å². The topological polar surface area (TPSA) is 108 Å².